The van der Waals surface area contributed by atoms with Crippen molar-refractivity contribution in [3.63, 3.8) is 0 Å². The summed E-state index contributed by atoms with van der Waals surface area (Å²) in [5.41, 5.74) is 2.13. The second kappa shape index (κ2) is 9.61. The predicted octanol–water partition coefficient (Wildman–Crippen LogP) is 4.91. The van der Waals surface area contributed by atoms with Gasteiger partial charge in [0.05, 0.1) is 19.8 Å². The third-order valence-electron chi connectivity index (χ3n) is 4.51. The molecule has 1 rings (SSSR count). The van der Waals surface area contributed by atoms with E-state index in [0.29, 0.717) is 0 Å². The summed E-state index contributed by atoms with van der Waals surface area (Å²) < 4.78 is 10.6. The van der Waals surface area contributed by atoms with Crippen molar-refractivity contribution in [2.75, 3.05) is 14.2 Å². The fourth-order valence-electron chi connectivity index (χ4n) is 2.51. The third kappa shape index (κ3) is 6.66. The second-order valence-electron chi connectivity index (χ2n) is 6.29. The summed E-state index contributed by atoms with van der Waals surface area (Å²) in [5.74, 6) is 1.55. The van der Waals surface area contributed by atoms with E-state index < -0.39 is 5.60 Å². The molecule has 1 aromatic rings. The highest BCUT2D eigenvalue weighted by Crippen LogP contribution is 2.28. The zero-order chi connectivity index (χ0) is 17.3. The molecular weight excluding hydrogens is 288 g/mol. The molecule has 0 aromatic heterocycles. The maximum absolute atomic E-state index is 10.1. The zero-order valence-electron chi connectivity index (χ0n) is 15.3. The summed E-state index contributed by atoms with van der Waals surface area (Å²) in [4.78, 5) is 0. The lowest BCUT2D eigenvalue weighted by atomic mass is 9.93. The summed E-state index contributed by atoms with van der Waals surface area (Å²) in [6, 6.07) is 6.08. The van der Waals surface area contributed by atoms with Crippen LogP contribution in [0.5, 0.6) is 11.5 Å². The maximum atomic E-state index is 10.1. The topological polar surface area (TPSA) is 38.7 Å². The van der Waals surface area contributed by atoms with Crippen LogP contribution in [0.4, 0.5) is 0 Å². The predicted molar refractivity (Wildman–Crippen MR) is 96.4 cm³/mol. The van der Waals surface area contributed by atoms with Crippen molar-refractivity contribution in [1.82, 2.24) is 0 Å². The number of allylic oxidation sites excluding steroid dienone is 2. The van der Waals surface area contributed by atoms with Gasteiger partial charge in [0.15, 0.2) is 11.5 Å². The normalized spacial score (nSPS) is 14.4. The van der Waals surface area contributed by atoms with E-state index >= 15 is 0 Å². The molecule has 0 radical (unpaired) electrons. The van der Waals surface area contributed by atoms with Crippen LogP contribution < -0.4 is 9.47 Å². The molecule has 0 aliphatic carbocycles. The number of rotatable bonds is 10. The molecule has 3 heteroatoms. The van der Waals surface area contributed by atoms with Crippen molar-refractivity contribution in [1.29, 1.82) is 0 Å². The number of hydrogen-bond donors (Lipinski definition) is 1. The zero-order valence-corrected chi connectivity index (χ0v) is 15.3. The molecule has 1 atom stereocenters. The minimum Gasteiger partial charge on any atom is -0.493 e. The Morgan fingerprint density at radius 1 is 1.17 bits per heavy atom. The van der Waals surface area contributed by atoms with Gasteiger partial charge in [-0.15, -0.1) is 0 Å². The molecule has 0 spiro atoms. The van der Waals surface area contributed by atoms with Crippen molar-refractivity contribution in [3.05, 3.63) is 35.4 Å². The average molecular weight is 320 g/mol. The lowest BCUT2D eigenvalue weighted by molar-refractivity contribution is 0.0471. The van der Waals surface area contributed by atoms with Gasteiger partial charge in [0, 0.05) is 0 Å². The van der Waals surface area contributed by atoms with Crippen molar-refractivity contribution in [2.45, 2.75) is 64.9 Å². The smallest absolute Gasteiger partial charge is 0.160 e. The first kappa shape index (κ1) is 19.6. The van der Waals surface area contributed by atoms with Crippen LogP contribution in [0.3, 0.4) is 0 Å². The van der Waals surface area contributed by atoms with E-state index in [2.05, 4.69) is 19.1 Å². The molecule has 0 amide bonds. The van der Waals surface area contributed by atoms with Gasteiger partial charge in [-0.05, 0) is 63.1 Å². The SMILES string of the molecule is CCC(=CCCc1ccc(OC)c(OC)c1)CCC(C)(O)CC. The molecule has 130 valence electrons. The quantitative estimate of drug-likeness (QED) is 0.622. The van der Waals surface area contributed by atoms with Crippen LogP contribution in [0.1, 0.15) is 58.4 Å². The molecule has 0 saturated heterocycles. The first-order valence-electron chi connectivity index (χ1n) is 8.57. The first-order chi connectivity index (χ1) is 11.0. The van der Waals surface area contributed by atoms with Crippen molar-refractivity contribution in [2.24, 2.45) is 0 Å². The molecule has 0 bridgehead atoms. The number of ether oxygens (including phenoxy) is 2. The summed E-state index contributed by atoms with van der Waals surface area (Å²) in [5, 5.41) is 10.1. The molecule has 0 aliphatic rings. The monoisotopic (exact) mass is 320 g/mol. The molecule has 0 aliphatic heterocycles. The number of aliphatic hydroxyl groups is 1. The number of benzene rings is 1. The lowest BCUT2D eigenvalue weighted by Gasteiger charge is -2.21. The second-order valence-corrected chi connectivity index (χ2v) is 6.29. The summed E-state index contributed by atoms with van der Waals surface area (Å²) in [6.07, 6.45) is 7.97. The fourth-order valence-corrected chi connectivity index (χ4v) is 2.51. The fraction of sp³-hybridized carbons (Fsp3) is 0.600. The van der Waals surface area contributed by atoms with Gasteiger partial charge >= 0.3 is 0 Å². The van der Waals surface area contributed by atoms with Gasteiger partial charge in [-0.25, -0.2) is 0 Å². The summed E-state index contributed by atoms with van der Waals surface area (Å²) in [7, 11) is 3.31. The molecule has 0 saturated carbocycles. The van der Waals surface area contributed by atoms with Crippen LogP contribution in [0.15, 0.2) is 29.8 Å². The van der Waals surface area contributed by atoms with Gasteiger partial charge in [0.25, 0.3) is 0 Å². The van der Waals surface area contributed by atoms with E-state index in [4.69, 9.17) is 9.47 Å². The standard InChI is InChI=1S/C20H32O3/c1-6-16(13-14-20(3,21)7-2)9-8-10-17-11-12-18(22-4)19(15-17)23-5/h9,11-12,15,21H,6-8,10,13-14H2,1-5H3. The molecule has 0 fully saturated rings. The number of hydrogen-bond acceptors (Lipinski definition) is 3. The minimum absolute atomic E-state index is 0.544. The van der Waals surface area contributed by atoms with E-state index in [0.717, 1.165) is 50.0 Å². The highest BCUT2D eigenvalue weighted by molar-refractivity contribution is 5.43. The average Bonchev–Trinajstić information content (AvgIpc) is 2.57. The van der Waals surface area contributed by atoms with Gasteiger partial charge in [-0.1, -0.05) is 31.6 Å². The van der Waals surface area contributed by atoms with Crippen LogP contribution in [-0.4, -0.2) is 24.9 Å². The van der Waals surface area contributed by atoms with Gasteiger partial charge in [0.2, 0.25) is 0 Å². The Balaban J connectivity index is 2.59. The molecular formula is C20H32O3. The largest absolute Gasteiger partial charge is 0.493 e. The van der Waals surface area contributed by atoms with Gasteiger partial charge in [-0.3, -0.25) is 0 Å². The summed E-state index contributed by atoms with van der Waals surface area (Å²) in [6.45, 7) is 6.14. The van der Waals surface area contributed by atoms with Crippen LogP contribution in [0.2, 0.25) is 0 Å². The molecule has 1 unspecified atom stereocenters. The Morgan fingerprint density at radius 3 is 2.43 bits per heavy atom. The number of methoxy groups -OCH3 is 2. The van der Waals surface area contributed by atoms with Gasteiger partial charge in [0.1, 0.15) is 0 Å². The molecule has 3 nitrogen and oxygen atoms in total. The molecule has 0 heterocycles. The van der Waals surface area contributed by atoms with E-state index in [-0.39, 0.29) is 0 Å². The molecule has 1 aromatic carbocycles. The third-order valence-corrected chi connectivity index (χ3v) is 4.51. The van der Waals surface area contributed by atoms with Crippen LogP contribution >= 0.6 is 0 Å². The molecule has 1 N–H and O–H groups in total. The van der Waals surface area contributed by atoms with Gasteiger partial charge in [-0.2, -0.15) is 0 Å². The van der Waals surface area contributed by atoms with Crippen molar-refractivity contribution in [3.8, 4) is 11.5 Å². The Labute approximate surface area is 141 Å². The first-order valence-corrected chi connectivity index (χ1v) is 8.57. The van der Waals surface area contributed by atoms with Crippen molar-refractivity contribution >= 4 is 0 Å². The maximum Gasteiger partial charge on any atom is 0.160 e. The Bertz CT molecular complexity index is 504. The number of aryl methyl sites for hydroxylation is 1. The highest BCUT2D eigenvalue weighted by atomic mass is 16.5. The van der Waals surface area contributed by atoms with Crippen LogP contribution in [-0.2, 0) is 6.42 Å². The highest BCUT2D eigenvalue weighted by Gasteiger charge is 2.17. The molecule has 23 heavy (non-hydrogen) atoms. The van der Waals surface area contributed by atoms with E-state index in [1.165, 1.54) is 11.1 Å². The van der Waals surface area contributed by atoms with Crippen molar-refractivity contribution < 1.29 is 14.6 Å². The summed E-state index contributed by atoms with van der Waals surface area (Å²) >= 11 is 0. The lowest BCUT2D eigenvalue weighted by Crippen LogP contribution is -2.22. The Morgan fingerprint density at radius 2 is 1.87 bits per heavy atom. The Hall–Kier alpha value is -1.48. The van der Waals surface area contributed by atoms with E-state index in [1.54, 1.807) is 14.2 Å². The minimum atomic E-state index is -0.544. The van der Waals surface area contributed by atoms with Crippen LogP contribution in [0.25, 0.3) is 0 Å². The van der Waals surface area contributed by atoms with Crippen LogP contribution in [0, 0.1) is 0 Å². The Kier molecular flexibility index (Phi) is 8.18. The van der Waals surface area contributed by atoms with E-state index in [9.17, 15) is 5.11 Å². The van der Waals surface area contributed by atoms with E-state index in [1.807, 2.05) is 26.0 Å². The van der Waals surface area contributed by atoms with Gasteiger partial charge < -0.3 is 14.6 Å².